The summed E-state index contributed by atoms with van der Waals surface area (Å²) in [4.78, 5) is 12.3. The molecule has 0 atom stereocenters. The molecule has 0 aliphatic rings. The van der Waals surface area contributed by atoms with E-state index in [0.29, 0.717) is 6.54 Å². The summed E-state index contributed by atoms with van der Waals surface area (Å²) >= 11 is 0. The van der Waals surface area contributed by atoms with Crippen LogP contribution in [0.3, 0.4) is 0 Å². The lowest BCUT2D eigenvalue weighted by Crippen LogP contribution is -2.27. The Balaban J connectivity index is 1.37. The summed E-state index contributed by atoms with van der Waals surface area (Å²) in [5.74, 6) is 1.38. The highest BCUT2D eigenvalue weighted by atomic mass is 16.5. The number of benzene rings is 3. The minimum absolute atomic E-state index is 0.125. The second-order valence-electron chi connectivity index (χ2n) is 6.08. The van der Waals surface area contributed by atoms with Crippen LogP contribution in [0.2, 0.25) is 0 Å². The minimum atomic E-state index is -0.125. The first-order chi connectivity index (χ1) is 13.3. The Kier molecular flexibility index (Phi) is 4.78. The molecule has 0 fully saturated rings. The van der Waals surface area contributed by atoms with Gasteiger partial charge in [-0.25, -0.2) is 4.68 Å². The van der Waals surface area contributed by atoms with Gasteiger partial charge >= 0.3 is 0 Å². The maximum atomic E-state index is 12.3. The first kappa shape index (κ1) is 16.8. The highest BCUT2D eigenvalue weighted by Gasteiger charge is 2.08. The topological polar surface area (TPSA) is 69.0 Å². The first-order valence-corrected chi connectivity index (χ1v) is 8.65. The van der Waals surface area contributed by atoms with Crippen molar-refractivity contribution in [2.24, 2.45) is 0 Å². The molecule has 6 nitrogen and oxygen atoms in total. The maximum Gasteiger partial charge on any atom is 0.242 e. The molecule has 134 valence electrons. The van der Waals surface area contributed by atoms with E-state index in [4.69, 9.17) is 4.74 Å². The van der Waals surface area contributed by atoms with Crippen LogP contribution in [0.25, 0.3) is 11.0 Å². The van der Waals surface area contributed by atoms with Crippen molar-refractivity contribution in [2.45, 2.75) is 13.1 Å². The molecular formula is C21H18N4O2. The lowest BCUT2D eigenvalue weighted by Gasteiger charge is -2.09. The molecular weight excluding hydrogens is 340 g/mol. The molecule has 1 N–H and O–H groups in total. The van der Waals surface area contributed by atoms with Crippen LogP contribution in [0, 0.1) is 0 Å². The van der Waals surface area contributed by atoms with Crippen LogP contribution in [0.4, 0.5) is 0 Å². The Hall–Kier alpha value is -3.67. The van der Waals surface area contributed by atoms with Crippen molar-refractivity contribution in [1.29, 1.82) is 0 Å². The van der Waals surface area contributed by atoms with Gasteiger partial charge < -0.3 is 10.1 Å². The predicted molar refractivity (Wildman–Crippen MR) is 102 cm³/mol. The zero-order valence-electron chi connectivity index (χ0n) is 14.6. The Labute approximate surface area is 156 Å². The number of hydrogen-bond donors (Lipinski definition) is 1. The number of carbonyl (C=O) groups excluding carboxylic acids is 1. The van der Waals surface area contributed by atoms with Gasteiger partial charge in [0, 0.05) is 6.54 Å². The number of aromatic nitrogens is 3. The van der Waals surface area contributed by atoms with Gasteiger partial charge in [0.2, 0.25) is 5.91 Å². The van der Waals surface area contributed by atoms with Crippen molar-refractivity contribution in [2.75, 3.05) is 0 Å². The van der Waals surface area contributed by atoms with Crippen molar-refractivity contribution in [3.8, 4) is 11.5 Å². The summed E-state index contributed by atoms with van der Waals surface area (Å²) < 4.78 is 7.42. The molecule has 27 heavy (non-hydrogen) atoms. The molecule has 1 amide bonds. The molecule has 0 aliphatic heterocycles. The number of para-hydroxylation sites is 2. The van der Waals surface area contributed by atoms with Crippen LogP contribution in [0.15, 0.2) is 78.9 Å². The van der Waals surface area contributed by atoms with Crippen LogP contribution in [0.1, 0.15) is 5.56 Å². The zero-order chi connectivity index (χ0) is 18.5. The summed E-state index contributed by atoms with van der Waals surface area (Å²) in [5.41, 5.74) is 2.57. The Morgan fingerprint density at radius 1 is 0.926 bits per heavy atom. The maximum absolute atomic E-state index is 12.3. The highest BCUT2D eigenvalue weighted by Crippen LogP contribution is 2.21. The molecule has 0 unspecified atom stereocenters. The van der Waals surface area contributed by atoms with Crippen LogP contribution in [0.5, 0.6) is 11.5 Å². The molecule has 3 aromatic carbocycles. The molecule has 4 rings (SSSR count). The molecule has 1 aromatic heterocycles. The third kappa shape index (κ3) is 4.12. The van der Waals surface area contributed by atoms with Gasteiger partial charge in [0.1, 0.15) is 23.6 Å². The average Bonchev–Trinajstić information content (AvgIpc) is 3.10. The number of nitrogens with one attached hydrogen (secondary N) is 1. The number of carbonyl (C=O) groups is 1. The highest BCUT2D eigenvalue weighted by molar-refractivity contribution is 5.79. The van der Waals surface area contributed by atoms with Crippen molar-refractivity contribution >= 4 is 16.9 Å². The van der Waals surface area contributed by atoms with Gasteiger partial charge in [-0.3, -0.25) is 4.79 Å². The number of ether oxygens (including phenoxy) is 1. The minimum Gasteiger partial charge on any atom is -0.457 e. The Morgan fingerprint density at radius 2 is 1.70 bits per heavy atom. The van der Waals surface area contributed by atoms with Crippen LogP contribution >= 0.6 is 0 Å². The van der Waals surface area contributed by atoms with E-state index in [1.165, 1.54) is 0 Å². The SMILES string of the molecule is O=C(Cn1nnc2ccccc21)NCc1cccc(Oc2ccccc2)c1. The lowest BCUT2D eigenvalue weighted by atomic mass is 10.2. The fourth-order valence-electron chi connectivity index (χ4n) is 2.77. The second-order valence-corrected chi connectivity index (χ2v) is 6.08. The summed E-state index contributed by atoms with van der Waals surface area (Å²) in [6.07, 6.45) is 0. The molecule has 0 spiro atoms. The van der Waals surface area contributed by atoms with Gasteiger partial charge in [-0.1, -0.05) is 47.7 Å². The van der Waals surface area contributed by atoms with Crippen molar-refractivity contribution in [1.82, 2.24) is 20.3 Å². The lowest BCUT2D eigenvalue weighted by molar-refractivity contribution is -0.121. The largest absolute Gasteiger partial charge is 0.457 e. The Morgan fingerprint density at radius 3 is 2.59 bits per heavy atom. The van der Waals surface area contributed by atoms with E-state index in [0.717, 1.165) is 28.1 Å². The third-order valence-corrected chi connectivity index (χ3v) is 4.08. The van der Waals surface area contributed by atoms with E-state index in [2.05, 4.69) is 15.6 Å². The number of nitrogens with zero attached hydrogens (tertiary/aromatic N) is 3. The van der Waals surface area contributed by atoms with E-state index in [-0.39, 0.29) is 12.5 Å². The number of amides is 1. The van der Waals surface area contributed by atoms with Crippen molar-refractivity contribution in [3.05, 3.63) is 84.4 Å². The molecule has 0 bridgehead atoms. The molecule has 1 heterocycles. The molecule has 6 heteroatoms. The smallest absolute Gasteiger partial charge is 0.242 e. The van der Waals surface area contributed by atoms with E-state index in [1.54, 1.807) is 4.68 Å². The van der Waals surface area contributed by atoms with Gasteiger partial charge in [0.25, 0.3) is 0 Å². The zero-order valence-corrected chi connectivity index (χ0v) is 14.6. The third-order valence-electron chi connectivity index (χ3n) is 4.08. The fourth-order valence-corrected chi connectivity index (χ4v) is 2.77. The normalized spacial score (nSPS) is 10.7. The quantitative estimate of drug-likeness (QED) is 0.572. The van der Waals surface area contributed by atoms with E-state index in [9.17, 15) is 4.79 Å². The van der Waals surface area contributed by atoms with Gasteiger partial charge in [0.15, 0.2) is 0 Å². The van der Waals surface area contributed by atoms with Crippen LogP contribution in [-0.2, 0) is 17.9 Å². The van der Waals surface area contributed by atoms with Gasteiger partial charge in [0.05, 0.1) is 5.52 Å². The van der Waals surface area contributed by atoms with Crippen LogP contribution in [-0.4, -0.2) is 20.9 Å². The number of fused-ring (bicyclic) bond motifs is 1. The van der Waals surface area contributed by atoms with Gasteiger partial charge in [-0.15, -0.1) is 5.10 Å². The Bertz CT molecular complexity index is 1060. The summed E-state index contributed by atoms with van der Waals surface area (Å²) in [6.45, 7) is 0.540. The van der Waals surface area contributed by atoms with Gasteiger partial charge in [-0.05, 0) is 42.0 Å². The molecule has 0 aliphatic carbocycles. The predicted octanol–water partition coefficient (Wildman–Crippen LogP) is 3.54. The number of hydrogen-bond acceptors (Lipinski definition) is 4. The van der Waals surface area contributed by atoms with Gasteiger partial charge in [-0.2, -0.15) is 0 Å². The fraction of sp³-hybridized carbons (Fsp3) is 0.0952. The number of rotatable bonds is 6. The molecule has 4 aromatic rings. The van der Waals surface area contributed by atoms with E-state index < -0.39 is 0 Å². The van der Waals surface area contributed by atoms with E-state index in [1.807, 2.05) is 78.9 Å². The summed E-state index contributed by atoms with van der Waals surface area (Å²) in [5, 5.41) is 11.0. The first-order valence-electron chi connectivity index (χ1n) is 8.65. The molecule has 0 saturated heterocycles. The second kappa shape index (κ2) is 7.70. The molecule has 0 saturated carbocycles. The van der Waals surface area contributed by atoms with E-state index >= 15 is 0 Å². The summed E-state index contributed by atoms with van der Waals surface area (Å²) in [7, 11) is 0. The average molecular weight is 358 g/mol. The molecule has 0 radical (unpaired) electrons. The van der Waals surface area contributed by atoms with Crippen LogP contribution < -0.4 is 10.1 Å². The monoisotopic (exact) mass is 358 g/mol. The van der Waals surface area contributed by atoms with Crippen molar-refractivity contribution in [3.63, 3.8) is 0 Å². The van der Waals surface area contributed by atoms with Crippen molar-refractivity contribution < 1.29 is 9.53 Å². The standard InChI is InChI=1S/C21H18N4O2/c26-21(15-25-20-12-5-4-11-19(20)23-24-25)22-14-16-7-6-10-18(13-16)27-17-8-2-1-3-9-17/h1-13H,14-15H2,(H,22,26). The summed E-state index contributed by atoms with van der Waals surface area (Å²) in [6, 6.07) is 24.8.